The van der Waals surface area contributed by atoms with Gasteiger partial charge < -0.3 is 5.73 Å². The number of pyridine rings is 1. The summed E-state index contributed by atoms with van der Waals surface area (Å²) in [4.78, 5) is 4.06. The van der Waals surface area contributed by atoms with Crippen molar-refractivity contribution < 1.29 is 0 Å². The first-order chi connectivity index (χ1) is 8.52. The van der Waals surface area contributed by atoms with Gasteiger partial charge >= 0.3 is 0 Å². The number of aryl methyl sites for hydroxylation is 1. The number of halogens is 2. The molecular formula is C13H9Cl2N3. The molecule has 90 valence electrons. The van der Waals surface area contributed by atoms with Gasteiger partial charge in [0.05, 0.1) is 0 Å². The molecule has 1 heterocycles. The number of hydrogen-bond acceptors (Lipinski definition) is 3. The molecule has 0 spiro atoms. The molecule has 5 heteroatoms. The third kappa shape index (κ3) is 2.26. The second-order valence-corrected chi connectivity index (χ2v) is 4.65. The Morgan fingerprint density at radius 1 is 1.22 bits per heavy atom. The van der Waals surface area contributed by atoms with E-state index in [0.29, 0.717) is 21.2 Å². The van der Waals surface area contributed by atoms with Crippen LogP contribution < -0.4 is 5.73 Å². The Bertz CT molecular complexity index is 660. The summed E-state index contributed by atoms with van der Waals surface area (Å²) in [7, 11) is 0. The molecular weight excluding hydrogens is 269 g/mol. The topological polar surface area (TPSA) is 62.7 Å². The van der Waals surface area contributed by atoms with Crippen molar-refractivity contribution in [1.82, 2.24) is 4.98 Å². The van der Waals surface area contributed by atoms with Crippen LogP contribution in [0.2, 0.25) is 10.0 Å². The van der Waals surface area contributed by atoms with E-state index in [2.05, 4.69) is 11.1 Å². The molecule has 18 heavy (non-hydrogen) atoms. The van der Waals surface area contributed by atoms with Gasteiger partial charge in [-0.25, -0.2) is 4.98 Å². The predicted octanol–water partition coefficient (Wildman–Crippen LogP) is 3.82. The van der Waals surface area contributed by atoms with Crippen molar-refractivity contribution in [3.63, 3.8) is 0 Å². The highest BCUT2D eigenvalue weighted by Gasteiger charge is 2.13. The number of nitrogens with two attached hydrogens (primary N) is 1. The summed E-state index contributed by atoms with van der Waals surface area (Å²) in [6.07, 6.45) is 0. The second-order valence-electron chi connectivity index (χ2n) is 3.81. The highest BCUT2D eigenvalue weighted by molar-refractivity contribution is 6.36. The maximum atomic E-state index is 9.16. The van der Waals surface area contributed by atoms with Gasteiger partial charge in [-0.2, -0.15) is 5.26 Å². The second kappa shape index (κ2) is 4.85. The molecule has 0 aliphatic heterocycles. The fraction of sp³-hybridized carbons (Fsp3) is 0.0769. The van der Waals surface area contributed by atoms with Gasteiger partial charge in [-0.3, -0.25) is 0 Å². The van der Waals surface area contributed by atoms with Gasteiger partial charge in [0.25, 0.3) is 0 Å². The molecule has 1 aromatic carbocycles. The van der Waals surface area contributed by atoms with E-state index in [0.717, 1.165) is 11.3 Å². The molecule has 2 N–H and O–H groups in total. The van der Waals surface area contributed by atoms with E-state index in [4.69, 9.17) is 34.2 Å². The maximum Gasteiger partial charge on any atom is 0.142 e. The van der Waals surface area contributed by atoms with Crippen LogP contribution in [0.15, 0.2) is 24.3 Å². The SMILES string of the molecule is Cc1cc(-c2ccc(Cl)cc2Cl)c(C#N)c(N)n1. The van der Waals surface area contributed by atoms with E-state index in [1.54, 1.807) is 24.3 Å². The lowest BCUT2D eigenvalue weighted by molar-refractivity contribution is 1.20. The van der Waals surface area contributed by atoms with Crippen molar-refractivity contribution >= 4 is 29.0 Å². The van der Waals surface area contributed by atoms with Crippen LogP contribution in [-0.4, -0.2) is 4.98 Å². The molecule has 3 nitrogen and oxygen atoms in total. The van der Waals surface area contributed by atoms with Gasteiger partial charge in [-0.05, 0) is 25.1 Å². The van der Waals surface area contributed by atoms with Gasteiger partial charge in [-0.15, -0.1) is 0 Å². The smallest absolute Gasteiger partial charge is 0.142 e. The first-order valence-electron chi connectivity index (χ1n) is 5.15. The van der Waals surface area contributed by atoms with Crippen LogP contribution >= 0.6 is 23.2 Å². The lowest BCUT2D eigenvalue weighted by Gasteiger charge is -2.09. The summed E-state index contributed by atoms with van der Waals surface area (Å²) in [5, 5.41) is 10.2. The molecule has 0 radical (unpaired) electrons. The number of anilines is 1. The van der Waals surface area contributed by atoms with Gasteiger partial charge in [-0.1, -0.05) is 29.3 Å². The molecule has 0 fully saturated rings. The monoisotopic (exact) mass is 277 g/mol. The van der Waals surface area contributed by atoms with Gasteiger partial charge in [0.2, 0.25) is 0 Å². The Morgan fingerprint density at radius 3 is 2.56 bits per heavy atom. The Hall–Kier alpha value is -1.76. The molecule has 2 aromatic rings. The molecule has 0 amide bonds. The Balaban J connectivity index is 2.75. The predicted molar refractivity (Wildman–Crippen MR) is 73.6 cm³/mol. The van der Waals surface area contributed by atoms with Crippen molar-refractivity contribution in [2.75, 3.05) is 5.73 Å². The zero-order chi connectivity index (χ0) is 13.3. The van der Waals surface area contributed by atoms with Gasteiger partial charge in [0.1, 0.15) is 17.5 Å². The molecule has 0 saturated heterocycles. The van der Waals surface area contributed by atoms with Crippen molar-refractivity contribution in [2.45, 2.75) is 6.92 Å². The molecule has 0 bridgehead atoms. The van der Waals surface area contributed by atoms with E-state index < -0.39 is 0 Å². The summed E-state index contributed by atoms with van der Waals surface area (Å²) in [6.45, 7) is 1.81. The van der Waals surface area contributed by atoms with Gasteiger partial charge in [0, 0.05) is 26.9 Å². The molecule has 0 aliphatic rings. The fourth-order valence-electron chi connectivity index (χ4n) is 1.74. The number of hydrogen-bond donors (Lipinski definition) is 1. The molecule has 0 atom stereocenters. The van der Waals surface area contributed by atoms with E-state index in [1.807, 2.05) is 6.92 Å². The van der Waals surface area contributed by atoms with Gasteiger partial charge in [0.15, 0.2) is 0 Å². The van der Waals surface area contributed by atoms with E-state index in [9.17, 15) is 0 Å². The number of nitriles is 1. The van der Waals surface area contributed by atoms with E-state index in [1.165, 1.54) is 0 Å². The number of nitrogens with zero attached hydrogens (tertiary/aromatic N) is 2. The van der Waals surface area contributed by atoms with Crippen LogP contribution in [0, 0.1) is 18.3 Å². The summed E-state index contributed by atoms with van der Waals surface area (Å²) in [5.41, 5.74) is 8.19. The molecule has 1 aromatic heterocycles. The number of benzene rings is 1. The molecule has 0 unspecified atom stereocenters. The van der Waals surface area contributed by atoms with Crippen molar-refractivity contribution in [1.29, 1.82) is 5.26 Å². The number of rotatable bonds is 1. The number of nitrogen functional groups attached to an aromatic ring is 1. The zero-order valence-electron chi connectivity index (χ0n) is 9.54. The van der Waals surface area contributed by atoms with Crippen LogP contribution in [0.4, 0.5) is 5.82 Å². The summed E-state index contributed by atoms with van der Waals surface area (Å²) < 4.78 is 0. The highest BCUT2D eigenvalue weighted by atomic mass is 35.5. The average Bonchev–Trinajstić information content (AvgIpc) is 2.28. The largest absolute Gasteiger partial charge is 0.383 e. The van der Waals surface area contributed by atoms with Crippen LogP contribution in [0.25, 0.3) is 11.1 Å². The Labute approximate surface area is 115 Å². The van der Waals surface area contributed by atoms with Crippen molar-refractivity contribution in [2.24, 2.45) is 0 Å². The average molecular weight is 278 g/mol. The third-order valence-electron chi connectivity index (χ3n) is 2.51. The van der Waals surface area contributed by atoms with Crippen molar-refractivity contribution in [3.8, 4) is 17.2 Å². The Kier molecular flexibility index (Phi) is 3.42. The summed E-state index contributed by atoms with van der Waals surface area (Å²) >= 11 is 12.0. The van der Waals surface area contributed by atoms with Crippen LogP contribution in [0.3, 0.4) is 0 Å². The summed E-state index contributed by atoms with van der Waals surface area (Å²) in [5.74, 6) is 0.207. The minimum absolute atomic E-state index is 0.207. The van der Waals surface area contributed by atoms with Crippen LogP contribution in [0.1, 0.15) is 11.3 Å². The minimum atomic E-state index is 0.207. The lowest BCUT2D eigenvalue weighted by Crippen LogP contribution is -1.99. The summed E-state index contributed by atoms with van der Waals surface area (Å²) in [6, 6.07) is 8.95. The van der Waals surface area contributed by atoms with Crippen LogP contribution in [0.5, 0.6) is 0 Å². The molecule has 2 rings (SSSR count). The highest BCUT2D eigenvalue weighted by Crippen LogP contribution is 2.34. The van der Waals surface area contributed by atoms with Crippen molar-refractivity contribution in [3.05, 3.63) is 45.6 Å². The normalized spacial score (nSPS) is 10.1. The maximum absolute atomic E-state index is 9.16. The molecule has 0 aliphatic carbocycles. The first kappa shape index (κ1) is 12.7. The lowest BCUT2D eigenvalue weighted by atomic mass is 10.0. The fourth-order valence-corrected chi connectivity index (χ4v) is 2.25. The Morgan fingerprint density at radius 2 is 1.94 bits per heavy atom. The number of aromatic nitrogens is 1. The van der Waals surface area contributed by atoms with Crippen LogP contribution in [-0.2, 0) is 0 Å². The zero-order valence-corrected chi connectivity index (χ0v) is 11.0. The minimum Gasteiger partial charge on any atom is -0.383 e. The van der Waals surface area contributed by atoms with E-state index in [-0.39, 0.29) is 5.82 Å². The standard InChI is InChI=1S/C13H9Cl2N3/c1-7-4-10(11(6-16)13(17)18-7)9-3-2-8(14)5-12(9)15/h2-5H,1H3,(H2,17,18). The quantitative estimate of drug-likeness (QED) is 0.862. The first-order valence-corrected chi connectivity index (χ1v) is 5.91. The molecule has 0 saturated carbocycles. The third-order valence-corrected chi connectivity index (χ3v) is 3.06. The van der Waals surface area contributed by atoms with E-state index >= 15 is 0 Å².